The smallest absolute Gasteiger partial charge is 0.183 e. The van der Waals surface area contributed by atoms with Crippen LogP contribution in [0.4, 0.5) is 0 Å². The molecular weight excluding hydrogens is 406 g/mol. The molecule has 0 N–H and O–H groups in total. The van der Waals surface area contributed by atoms with Gasteiger partial charge < -0.3 is 0 Å². The maximum atomic E-state index is 13.4. The van der Waals surface area contributed by atoms with E-state index in [4.69, 9.17) is 0 Å². The van der Waals surface area contributed by atoms with E-state index in [2.05, 4.69) is 24.8 Å². The highest BCUT2D eigenvalue weighted by Crippen LogP contribution is 2.32. The highest BCUT2D eigenvalue weighted by molar-refractivity contribution is 7.96. The van der Waals surface area contributed by atoms with Gasteiger partial charge in [-0.2, -0.15) is 0 Å². The van der Waals surface area contributed by atoms with Crippen molar-refractivity contribution >= 4 is 19.7 Å². The second kappa shape index (κ2) is 7.52. The molecule has 0 radical (unpaired) electrons. The summed E-state index contributed by atoms with van der Waals surface area (Å²) in [6.45, 7) is 5.37. The van der Waals surface area contributed by atoms with Crippen molar-refractivity contribution in [2.45, 2.75) is 48.9 Å². The van der Waals surface area contributed by atoms with E-state index in [-0.39, 0.29) is 16.4 Å². The van der Waals surface area contributed by atoms with Crippen LogP contribution in [0.25, 0.3) is 0 Å². The topological polar surface area (TPSA) is 71.5 Å². The fourth-order valence-electron chi connectivity index (χ4n) is 4.45. The Hall–Kier alpha value is -1.70. The Morgan fingerprint density at radius 3 is 2.28 bits per heavy atom. The summed E-state index contributed by atoms with van der Waals surface area (Å²) in [5.41, 5.74) is 3.47. The molecule has 0 spiro atoms. The lowest BCUT2D eigenvalue weighted by Crippen LogP contribution is -2.48. The Bertz CT molecular complexity index is 1110. The molecule has 0 bridgehead atoms. The van der Waals surface area contributed by atoms with Crippen molar-refractivity contribution in [1.82, 2.24) is 4.90 Å². The van der Waals surface area contributed by atoms with Crippen molar-refractivity contribution in [2.75, 3.05) is 18.1 Å². The molecule has 0 aliphatic carbocycles. The summed E-state index contributed by atoms with van der Waals surface area (Å²) < 4.78 is 51.8. The van der Waals surface area contributed by atoms with Crippen molar-refractivity contribution in [3.63, 3.8) is 0 Å². The van der Waals surface area contributed by atoms with Gasteiger partial charge in [0.25, 0.3) is 0 Å². The van der Waals surface area contributed by atoms with Crippen molar-refractivity contribution in [1.29, 1.82) is 0 Å². The molecule has 2 heterocycles. The lowest BCUT2D eigenvalue weighted by Gasteiger charge is -2.35. The Kier molecular flexibility index (Phi) is 5.34. The Labute approximate surface area is 173 Å². The van der Waals surface area contributed by atoms with Gasteiger partial charge in [0.1, 0.15) is 0 Å². The Morgan fingerprint density at radius 2 is 1.62 bits per heavy atom. The maximum absolute atomic E-state index is 13.4. The van der Waals surface area contributed by atoms with E-state index in [1.807, 2.05) is 30.3 Å². The van der Waals surface area contributed by atoms with Crippen molar-refractivity contribution in [2.24, 2.45) is 0 Å². The highest BCUT2D eigenvalue weighted by Gasteiger charge is 2.48. The largest absolute Gasteiger partial charge is 0.293 e. The molecule has 0 unspecified atom stereocenters. The quantitative estimate of drug-likeness (QED) is 0.741. The molecule has 2 aliphatic heterocycles. The van der Waals surface area contributed by atoms with Gasteiger partial charge in [-0.15, -0.1) is 0 Å². The van der Waals surface area contributed by atoms with E-state index in [1.54, 1.807) is 12.1 Å². The average Bonchev–Trinajstić information content (AvgIpc) is 3.04. The predicted octanol–water partition coefficient (Wildman–Crippen LogP) is 2.81. The number of rotatable bonds is 4. The molecule has 2 aromatic rings. The average molecular weight is 434 g/mol. The minimum absolute atomic E-state index is 0.0941. The fourth-order valence-corrected chi connectivity index (χ4v) is 9.28. The van der Waals surface area contributed by atoms with Gasteiger partial charge in [-0.1, -0.05) is 50.2 Å². The molecule has 2 aromatic carbocycles. The van der Waals surface area contributed by atoms with Gasteiger partial charge in [0.2, 0.25) is 0 Å². The number of fused-ring (bicyclic) bond motifs is 1. The second-order valence-corrected chi connectivity index (χ2v) is 12.8. The monoisotopic (exact) mass is 433 g/mol. The van der Waals surface area contributed by atoms with Crippen LogP contribution in [0, 0.1) is 0 Å². The van der Waals surface area contributed by atoms with Crippen molar-refractivity contribution in [3.05, 3.63) is 65.2 Å². The third kappa shape index (κ3) is 4.00. The number of hydrogen-bond donors (Lipinski definition) is 0. The van der Waals surface area contributed by atoms with Gasteiger partial charge in [0.05, 0.1) is 21.7 Å². The predicted molar refractivity (Wildman–Crippen MR) is 115 cm³/mol. The van der Waals surface area contributed by atoms with Crippen LogP contribution in [0.2, 0.25) is 0 Å². The van der Waals surface area contributed by atoms with Gasteiger partial charge in [-0.05, 0) is 41.2 Å². The number of nitrogens with zero attached hydrogens (tertiary/aromatic N) is 1. The summed E-state index contributed by atoms with van der Waals surface area (Å²) in [6.07, 6.45) is 0.808. The third-order valence-corrected chi connectivity index (χ3v) is 10.3. The van der Waals surface area contributed by atoms with Crippen LogP contribution in [-0.4, -0.2) is 51.1 Å². The van der Waals surface area contributed by atoms with Crippen LogP contribution in [0.5, 0.6) is 0 Å². The molecule has 0 aromatic heterocycles. The van der Waals surface area contributed by atoms with E-state index in [1.165, 1.54) is 5.56 Å². The molecule has 7 heteroatoms. The summed E-state index contributed by atoms with van der Waals surface area (Å²) >= 11 is 0. The first-order valence-electron chi connectivity index (χ1n) is 10.0. The molecule has 1 saturated heterocycles. The van der Waals surface area contributed by atoms with Gasteiger partial charge >= 0.3 is 0 Å². The molecule has 1 fully saturated rings. The summed E-state index contributed by atoms with van der Waals surface area (Å²) in [5, 5.41) is -0.928. The van der Waals surface area contributed by atoms with Crippen LogP contribution in [0.15, 0.2) is 53.4 Å². The van der Waals surface area contributed by atoms with Gasteiger partial charge in [-0.25, -0.2) is 16.8 Å². The van der Waals surface area contributed by atoms with E-state index >= 15 is 0 Å². The standard InChI is InChI=1S/C22H27NO4S2/c1-16(2)17-7-9-20(10-8-17)29(26,27)22-15-28(24,25)14-21(22)23-12-11-18-5-3-4-6-19(18)13-23/h3-10,16,21-22H,11-15H2,1-2H3/t21-,22-/m0/s1. The van der Waals surface area contributed by atoms with E-state index in [9.17, 15) is 16.8 Å². The number of sulfone groups is 2. The molecule has 2 atom stereocenters. The first-order valence-corrected chi connectivity index (χ1v) is 13.4. The first kappa shape index (κ1) is 20.6. The molecule has 4 rings (SSSR count). The summed E-state index contributed by atoms with van der Waals surface area (Å²) in [7, 11) is -7.15. The Balaban J connectivity index is 1.66. The lowest BCUT2D eigenvalue weighted by atomic mass is 9.98. The molecular formula is C22H27NO4S2. The second-order valence-electron chi connectivity index (χ2n) is 8.44. The van der Waals surface area contributed by atoms with Crippen LogP contribution < -0.4 is 0 Å². The Morgan fingerprint density at radius 1 is 0.966 bits per heavy atom. The zero-order valence-corrected chi connectivity index (χ0v) is 18.4. The molecule has 29 heavy (non-hydrogen) atoms. The number of benzene rings is 2. The lowest BCUT2D eigenvalue weighted by molar-refractivity contribution is 0.195. The van der Waals surface area contributed by atoms with Gasteiger partial charge in [0.15, 0.2) is 19.7 Å². The summed E-state index contributed by atoms with van der Waals surface area (Å²) in [4.78, 5) is 2.27. The van der Waals surface area contributed by atoms with Crippen LogP contribution >= 0.6 is 0 Å². The zero-order valence-electron chi connectivity index (χ0n) is 16.8. The van der Waals surface area contributed by atoms with Gasteiger partial charge in [0, 0.05) is 19.1 Å². The minimum Gasteiger partial charge on any atom is -0.293 e. The van der Waals surface area contributed by atoms with Crippen molar-refractivity contribution < 1.29 is 16.8 Å². The SMILES string of the molecule is CC(C)c1ccc(S(=O)(=O)[C@H]2CS(=O)(=O)C[C@@H]2N2CCc3ccccc3C2)cc1. The molecule has 0 saturated carbocycles. The van der Waals surface area contributed by atoms with E-state index < -0.39 is 31.0 Å². The summed E-state index contributed by atoms with van der Waals surface area (Å²) in [6, 6.07) is 14.5. The molecule has 5 nitrogen and oxygen atoms in total. The fraction of sp³-hybridized carbons (Fsp3) is 0.455. The minimum atomic E-state index is -3.75. The molecule has 2 aliphatic rings. The van der Waals surface area contributed by atoms with E-state index in [0.29, 0.717) is 19.0 Å². The third-order valence-electron chi connectivity index (χ3n) is 6.18. The highest BCUT2D eigenvalue weighted by atomic mass is 32.2. The van der Waals surface area contributed by atoms with E-state index in [0.717, 1.165) is 17.5 Å². The van der Waals surface area contributed by atoms with Crippen LogP contribution in [0.1, 0.15) is 36.5 Å². The van der Waals surface area contributed by atoms with Crippen LogP contribution in [-0.2, 0) is 32.6 Å². The molecule has 0 amide bonds. The number of hydrogen-bond acceptors (Lipinski definition) is 5. The normalized spacial score (nSPS) is 24.5. The molecule has 156 valence electrons. The van der Waals surface area contributed by atoms with Crippen molar-refractivity contribution in [3.8, 4) is 0 Å². The first-order chi connectivity index (χ1) is 13.7. The maximum Gasteiger partial charge on any atom is 0.183 e. The summed E-state index contributed by atoms with van der Waals surface area (Å²) in [5.74, 6) is -0.0903. The van der Waals surface area contributed by atoms with Gasteiger partial charge in [-0.3, -0.25) is 4.90 Å². The zero-order chi connectivity index (χ0) is 20.8. The van der Waals surface area contributed by atoms with Crippen LogP contribution in [0.3, 0.4) is 0 Å².